The van der Waals surface area contributed by atoms with E-state index in [1.165, 1.54) is 0 Å². The summed E-state index contributed by atoms with van der Waals surface area (Å²) >= 11 is 0. The summed E-state index contributed by atoms with van der Waals surface area (Å²) in [5.41, 5.74) is 0. The van der Waals surface area contributed by atoms with Crippen LogP contribution < -0.4 is 0 Å². The van der Waals surface area contributed by atoms with Crippen molar-refractivity contribution in [3.8, 4) is 0 Å². The van der Waals surface area contributed by atoms with E-state index in [0.29, 0.717) is 12.8 Å². The van der Waals surface area contributed by atoms with Crippen molar-refractivity contribution in [3.63, 3.8) is 0 Å². The van der Waals surface area contributed by atoms with Gasteiger partial charge in [0.1, 0.15) is 0 Å². The number of rotatable bonds is 11. The molecule has 0 aliphatic heterocycles. The van der Waals surface area contributed by atoms with Crippen LogP contribution in [0.4, 0.5) is 0 Å². The smallest absolute Gasteiger partial charge is 0.326 e. The first-order valence-electron chi connectivity index (χ1n) is 5.97. The molecule has 0 saturated heterocycles. The Kier molecular flexibility index (Phi) is 9.67. The van der Waals surface area contributed by atoms with Crippen LogP contribution in [-0.4, -0.2) is 20.8 Å². The van der Waals surface area contributed by atoms with Crippen molar-refractivity contribution >= 4 is 23.7 Å². The predicted octanol–water partition coefficient (Wildman–Crippen LogP) is 3.05. The van der Waals surface area contributed by atoms with Gasteiger partial charge in [0.15, 0.2) is 0 Å². The lowest BCUT2D eigenvalue weighted by Gasteiger charge is -2.14. The number of hydrogen-bond acceptors (Lipinski definition) is 5. The van der Waals surface area contributed by atoms with Crippen molar-refractivity contribution < 1.29 is 37.0 Å². The first-order valence-corrected chi connectivity index (χ1v) is 10.5. The summed E-state index contributed by atoms with van der Waals surface area (Å²) in [5.74, 6) is 0. The molecule has 0 saturated carbocycles. The fraction of sp³-hybridized carbons (Fsp3) is 1.00. The molecule has 0 aliphatic carbocycles. The molecule has 0 heterocycles. The minimum Gasteiger partial charge on any atom is -0.326 e. The second kappa shape index (κ2) is 9.43. The molecule has 0 amide bonds. The highest BCUT2D eigenvalue weighted by Crippen LogP contribution is 2.63. The molecule has 3 unspecified atom stereocenters. The lowest BCUT2D eigenvalue weighted by atomic mass is 10.1. The third kappa shape index (κ3) is 12.0. The Bertz CT molecular complexity index is 371. The van der Waals surface area contributed by atoms with E-state index in [1.54, 1.807) is 0 Å². The summed E-state index contributed by atoms with van der Waals surface area (Å²) < 4.78 is 40.5. The highest BCUT2D eigenvalue weighted by molar-refractivity contribution is 7.66. The van der Waals surface area contributed by atoms with Crippen molar-refractivity contribution in [1.82, 2.24) is 0 Å². The van der Waals surface area contributed by atoms with Crippen LogP contribution in [0.25, 0.3) is 0 Å². The first-order chi connectivity index (χ1) is 8.68. The van der Waals surface area contributed by atoms with Gasteiger partial charge in [0.2, 0.25) is 0 Å². The van der Waals surface area contributed by atoms with E-state index < -0.39 is 23.7 Å². The van der Waals surface area contributed by atoms with E-state index in [-0.39, 0.29) is 6.16 Å². The molecule has 0 aromatic rings. The van der Waals surface area contributed by atoms with Gasteiger partial charge >= 0.3 is 23.7 Å². The molecule has 11 heteroatoms. The molecule has 0 fully saturated rings. The molecule has 0 spiro atoms. The fourth-order valence-corrected chi connectivity index (χ4v) is 4.87. The molecule has 0 radical (unpaired) electrons. The normalized spacial score (nSPS) is 19.6. The Labute approximate surface area is 113 Å². The maximum absolute atomic E-state index is 11.4. The summed E-state index contributed by atoms with van der Waals surface area (Å²) in [6, 6.07) is 0. The molecule has 0 aromatic carbocycles. The van der Waals surface area contributed by atoms with E-state index >= 15 is 0 Å². The number of phosphoric acid groups is 1. The van der Waals surface area contributed by atoms with Gasteiger partial charge in [-0.2, -0.15) is 0 Å². The van der Waals surface area contributed by atoms with Crippen molar-refractivity contribution in [1.29, 1.82) is 0 Å². The van der Waals surface area contributed by atoms with Crippen LogP contribution in [0.1, 0.15) is 45.4 Å². The van der Waals surface area contributed by atoms with Gasteiger partial charge in [0.25, 0.3) is 0 Å². The lowest BCUT2D eigenvalue weighted by molar-refractivity contribution is 0.262. The van der Waals surface area contributed by atoms with Gasteiger partial charge in [-0.3, -0.25) is 9.13 Å². The van der Waals surface area contributed by atoms with Gasteiger partial charge < -0.3 is 14.7 Å². The molecule has 0 aromatic heterocycles. The molecule has 0 bridgehead atoms. The third-order valence-corrected chi connectivity index (χ3v) is 6.49. The number of hydrogen-bond donors (Lipinski definition) is 3. The van der Waals surface area contributed by atoms with Crippen molar-refractivity contribution in [2.45, 2.75) is 45.4 Å². The second-order valence-corrected chi connectivity index (χ2v) is 8.61. The molecule has 116 valence electrons. The summed E-state index contributed by atoms with van der Waals surface area (Å²) in [6.45, 7) is 2.07. The molecule has 0 aliphatic rings. The van der Waals surface area contributed by atoms with E-state index in [9.17, 15) is 18.6 Å². The third-order valence-electron chi connectivity index (χ3n) is 2.22. The van der Waals surface area contributed by atoms with Crippen LogP contribution in [-0.2, 0) is 22.3 Å². The summed E-state index contributed by atoms with van der Waals surface area (Å²) in [7, 11) is -13.0. The lowest BCUT2D eigenvalue weighted by Crippen LogP contribution is -1.95. The van der Waals surface area contributed by atoms with Crippen molar-refractivity contribution in [2.75, 3.05) is 6.16 Å². The minimum atomic E-state index is -4.97. The van der Waals surface area contributed by atoms with Crippen LogP contribution in [0.2, 0.25) is 0 Å². The van der Waals surface area contributed by atoms with Crippen molar-refractivity contribution in [3.05, 3.63) is 0 Å². The Morgan fingerprint density at radius 2 is 1.58 bits per heavy atom. The van der Waals surface area contributed by atoms with Crippen molar-refractivity contribution in [2.24, 2.45) is 0 Å². The molecule has 3 atom stereocenters. The molecular formula is C8H21O8P3. The van der Waals surface area contributed by atoms with E-state index in [4.69, 9.17) is 9.79 Å². The quantitative estimate of drug-likeness (QED) is 0.387. The maximum Gasteiger partial charge on any atom is 0.486 e. The SMILES string of the molecule is CCCCCCCCP(=O)(O)OP(=O)(O)O[PH](=O)O. The average molecular weight is 338 g/mol. The Morgan fingerprint density at radius 3 is 2.11 bits per heavy atom. The van der Waals surface area contributed by atoms with E-state index in [1.807, 2.05) is 0 Å². The summed E-state index contributed by atoms with van der Waals surface area (Å²) in [6.07, 6.45) is 4.91. The zero-order valence-corrected chi connectivity index (χ0v) is 13.5. The molecule has 3 N–H and O–H groups in total. The first kappa shape index (κ1) is 19.5. The maximum atomic E-state index is 11.4. The monoisotopic (exact) mass is 338 g/mol. The van der Waals surface area contributed by atoms with Gasteiger partial charge in [-0.05, 0) is 6.42 Å². The van der Waals surface area contributed by atoms with Crippen LogP contribution in [0.5, 0.6) is 0 Å². The zero-order valence-electron chi connectivity index (χ0n) is 10.7. The Balaban J connectivity index is 4.01. The molecule has 0 rings (SSSR count). The van der Waals surface area contributed by atoms with Gasteiger partial charge in [-0.15, -0.1) is 0 Å². The van der Waals surface area contributed by atoms with Crippen LogP contribution in [0.15, 0.2) is 0 Å². The van der Waals surface area contributed by atoms with Gasteiger partial charge in [0, 0.05) is 0 Å². The fourth-order valence-electron chi connectivity index (χ4n) is 1.41. The van der Waals surface area contributed by atoms with Gasteiger partial charge in [-0.25, -0.2) is 13.2 Å². The predicted molar refractivity (Wildman–Crippen MR) is 71.3 cm³/mol. The second-order valence-electron chi connectivity index (χ2n) is 4.04. The van der Waals surface area contributed by atoms with E-state index in [2.05, 4.69) is 15.5 Å². The standard InChI is InChI=1S/C8H21O8P3/c1-2-3-4-5-6-7-8-18(11,12)16-19(13,14)15-17(9)10/h17H,2-8H2,1H3,(H,9,10)(H,11,12)(H,13,14). The topological polar surface area (TPSA) is 130 Å². The summed E-state index contributed by atoms with van der Waals surface area (Å²) in [4.78, 5) is 26.6. The minimum absolute atomic E-state index is 0.292. The average Bonchev–Trinajstić information content (AvgIpc) is 2.19. The molecule has 8 nitrogen and oxygen atoms in total. The highest BCUT2D eigenvalue weighted by Gasteiger charge is 2.34. The highest BCUT2D eigenvalue weighted by atomic mass is 31.3. The number of unbranched alkanes of at least 4 members (excludes halogenated alkanes) is 5. The van der Waals surface area contributed by atoms with Crippen LogP contribution in [0.3, 0.4) is 0 Å². The molecular weight excluding hydrogens is 317 g/mol. The molecule has 19 heavy (non-hydrogen) atoms. The Morgan fingerprint density at radius 1 is 1.05 bits per heavy atom. The van der Waals surface area contributed by atoms with E-state index in [0.717, 1.165) is 25.7 Å². The van der Waals surface area contributed by atoms with Crippen LogP contribution in [0, 0.1) is 0 Å². The van der Waals surface area contributed by atoms with Crippen LogP contribution >= 0.6 is 23.7 Å². The largest absolute Gasteiger partial charge is 0.486 e. The zero-order chi connectivity index (χ0) is 14.9. The van der Waals surface area contributed by atoms with Gasteiger partial charge in [0.05, 0.1) is 6.16 Å². The summed E-state index contributed by atoms with van der Waals surface area (Å²) in [5, 5.41) is 0. The van der Waals surface area contributed by atoms with Gasteiger partial charge in [-0.1, -0.05) is 39.0 Å². The Hall–Kier alpha value is 0.490.